The first-order chi connectivity index (χ1) is 12.8. The van der Waals surface area contributed by atoms with Crippen molar-refractivity contribution < 1.29 is 13.6 Å². The van der Waals surface area contributed by atoms with Crippen molar-refractivity contribution in [1.82, 2.24) is 15.1 Å². The van der Waals surface area contributed by atoms with E-state index in [1.807, 2.05) is 13.0 Å². The minimum absolute atomic E-state index is 0.185. The van der Waals surface area contributed by atoms with E-state index in [1.165, 1.54) is 11.3 Å². The highest BCUT2D eigenvalue weighted by molar-refractivity contribution is 8.00. The number of amides is 1. The fourth-order valence-corrected chi connectivity index (χ4v) is 5.07. The molecular formula is C18H21N4O3S2+. The molecule has 0 fully saturated rings. The van der Waals surface area contributed by atoms with E-state index in [9.17, 15) is 13.6 Å². The number of carbonyl (C=O) groups is 1. The molecule has 3 rings (SSSR count). The van der Waals surface area contributed by atoms with E-state index >= 15 is 0 Å². The summed E-state index contributed by atoms with van der Waals surface area (Å²) in [5.74, 6) is -0.185. The minimum Gasteiger partial charge on any atom is -0.347 e. The van der Waals surface area contributed by atoms with Gasteiger partial charge in [-0.15, -0.1) is 0 Å². The summed E-state index contributed by atoms with van der Waals surface area (Å²) in [6.07, 6.45) is 0. The van der Waals surface area contributed by atoms with Crippen LogP contribution in [0, 0.1) is 13.8 Å². The first kappa shape index (κ1) is 19.3. The van der Waals surface area contributed by atoms with Crippen LogP contribution >= 0.6 is 11.3 Å². The third-order valence-corrected chi connectivity index (χ3v) is 7.09. The van der Waals surface area contributed by atoms with Gasteiger partial charge >= 0.3 is 10.4 Å². The topological polar surface area (TPSA) is 96.2 Å². The van der Waals surface area contributed by atoms with Crippen molar-refractivity contribution in [2.75, 3.05) is 4.72 Å². The van der Waals surface area contributed by atoms with E-state index in [4.69, 9.17) is 0 Å². The Morgan fingerprint density at radius 1 is 1.22 bits per heavy atom. The van der Waals surface area contributed by atoms with E-state index in [0.29, 0.717) is 27.7 Å². The van der Waals surface area contributed by atoms with E-state index in [0.717, 1.165) is 10.6 Å². The monoisotopic (exact) mass is 405 g/mol. The molecular weight excluding hydrogens is 384 g/mol. The Morgan fingerprint density at radius 2 is 1.93 bits per heavy atom. The zero-order chi connectivity index (χ0) is 19.6. The fourth-order valence-electron chi connectivity index (χ4n) is 2.57. The number of thiophene rings is 1. The number of nitrogens with zero attached hydrogens (tertiary/aromatic N) is 2. The molecule has 27 heavy (non-hydrogen) atoms. The van der Waals surface area contributed by atoms with Crippen LogP contribution in [0.4, 0.5) is 5.69 Å². The van der Waals surface area contributed by atoms with Crippen molar-refractivity contribution in [2.24, 2.45) is 7.05 Å². The maximum atomic E-state index is 12.8. The molecule has 0 aliphatic heterocycles. The normalized spacial score (nSPS) is 13.2. The zero-order valence-corrected chi connectivity index (χ0v) is 16.9. The van der Waals surface area contributed by atoms with Crippen molar-refractivity contribution in [3.63, 3.8) is 0 Å². The number of hydrogen-bond acceptors (Lipinski definition) is 4. The number of hydrogen-bond donors (Lipinski definition) is 3. The summed E-state index contributed by atoms with van der Waals surface area (Å²) in [5, 5.41) is 7.06. The smallest absolute Gasteiger partial charge is 0.347 e. The standard InChI is InChI=1S/C18H20N4O3S2/c1-12-17(13(2)22(3)20-12)21-27(24,25)16-10-9-15(26-16)11-19-18(23)14-7-5-4-6-8-14/h4-10H,11H2,1-3H3,(H2-,19,21,23,24,25)/p+1. The molecule has 2 aromatic heterocycles. The molecule has 0 saturated carbocycles. The second-order valence-electron chi connectivity index (χ2n) is 6.07. The van der Waals surface area contributed by atoms with Crippen molar-refractivity contribution in [2.45, 2.75) is 24.6 Å². The number of aryl methyl sites for hydroxylation is 2. The lowest BCUT2D eigenvalue weighted by molar-refractivity contribution is 0.0951. The van der Waals surface area contributed by atoms with Crippen molar-refractivity contribution in [1.29, 1.82) is 0 Å². The summed E-state index contributed by atoms with van der Waals surface area (Å²) >= 11 is 1.18. The first-order valence-electron chi connectivity index (χ1n) is 8.24. The summed E-state index contributed by atoms with van der Waals surface area (Å²) in [6, 6.07) is 12.3. The van der Waals surface area contributed by atoms with Gasteiger partial charge in [0.1, 0.15) is 5.69 Å². The van der Waals surface area contributed by atoms with Crippen LogP contribution < -0.4 is 10.0 Å². The SMILES string of the molecule is Cc1nn(C)c(C)c1N[S+](=O)(O)c1ccc(CNC(=O)c2ccccc2)s1. The van der Waals surface area contributed by atoms with Crippen LogP contribution in [0.5, 0.6) is 0 Å². The Morgan fingerprint density at radius 3 is 2.56 bits per heavy atom. The summed E-state index contributed by atoms with van der Waals surface area (Å²) in [4.78, 5) is 12.9. The van der Waals surface area contributed by atoms with Crippen molar-refractivity contribution in [3.8, 4) is 0 Å². The molecule has 0 aliphatic carbocycles. The van der Waals surface area contributed by atoms with Gasteiger partial charge in [0.25, 0.3) is 10.1 Å². The number of aromatic nitrogens is 2. The number of nitrogens with one attached hydrogen (secondary N) is 2. The Kier molecular flexibility index (Phi) is 5.45. The molecule has 1 atom stereocenters. The van der Waals surface area contributed by atoms with Crippen LogP contribution in [-0.4, -0.2) is 20.2 Å². The molecule has 1 unspecified atom stereocenters. The van der Waals surface area contributed by atoms with Gasteiger partial charge in [0.2, 0.25) is 0 Å². The molecule has 0 bridgehead atoms. The van der Waals surface area contributed by atoms with Gasteiger partial charge in [0, 0.05) is 23.6 Å². The molecule has 0 aliphatic rings. The van der Waals surface area contributed by atoms with Gasteiger partial charge in [-0.1, -0.05) is 29.5 Å². The Bertz CT molecular complexity index is 1010. The summed E-state index contributed by atoms with van der Waals surface area (Å²) in [6.45, 7) is 3.90. The van der Waals surface area contributed by atoms with Gasteiger partial charge in [0.15, 0.2) is 0 Å². The van der Waals surface area contributed by atoms with E-state index in [-0.39, 0.29) is 5.91 Å². The molecule has 0 saturated heterocycles. The quantitative estimate of drug-likeness (QED) is 0.548. The molecule has 7 nitrogen and oxygen atoms in total. The average Bonchev–Trinajstić information content (AvgIpc) is 3.22. The Balaban J connectivity index is 1.69. The molecule has 1 amide bonds. The molecule has 2 heterocycles. The lowest BCUT2D eigenvalue weighted by Crippen LogP contribution is -2.22. The van der Waals surface area contributed by atoms with E-state index in [1.54, 1.807) is 55.1 Å². The van der Waals surface area contributed by atoms with Gasteiger partial charge in [0.05, 0.1) is 17.9 Å². The Hall–Kier alpha value is -2.49. The van der Waals surface area contributed by atoms with E-state index in [2.05, 4.69) is 15.1 Å². The summed E-state index contributed by atoms with van der Waals surface area (Å²) in [7, 11) is -1.68. The molecule has 3 aromatic rings. The highest BCUT2D eigenvalue weighted by Crippen LogP contribution is 2.30. The number of carbonyl (C=O) groups excluding carboxylic acids is 1. The average molecular weight is 406 g/mol. The van der Waals surface area contributed by atoms with Gasteiger partial charge in [-0.05, 0) is 36.3 Å². The highest BCUT2D eigenvalue weighted by Gasteiger charge is 2.34. The number of rotatable bonds is 6. The molecule has 142 valence electrons. The molecule has 1 aromatic carbocycles. The number of benzene rings is 1. The largest absolute Gasteiger partial charge is 0.356 e. The highest BCUT2D eigenvalue weighted by atomic mass is 32.3. The van der Waals surface area contributed by atoms with Crippen molar-refractivity contribution >= 4 is 33.3 Å². The molecule has 9 heteroatoms. The lowest BCUT2D eigenvalue weighted by Gasteiger charge is -2.05. The first-order valence-corrected chi connectivity index (χ1v) is 10.6. The predicted octanol–water partition coefficient (Wildman–Crippen LogP) is 3.39. The van der Waals surface area contributed by atoms with Crippen LogP contribution in [0.1, 0.15) is 26.6 Å². The predicted molar refractivity (Wildman–Crippen MR) is 107 cm³/mol. The third kappa shape index (κ3) is 4.26. The minimum atomic E-state index is -3.46. The van der Waals surface area contributed by atoms with E-state index < -0.39 is 10.4 Å². The van der Waals surface area contributed by atoms with Gasteiger partial charge in [-0.2, -0.15) is 14.4 Å². The van der Waals surface area contributed by atoms with Gasteiger partial charge < -0.3 is 5.32 Å². The summed E-state index contributed by atoms with van der Waals surface area (Å²) in [5.41, 5.74) is 2.56. The van der Waals surface area contributed by atoms with Crippen LogP contribution in [0.2, 0.25) is 0 Å². The molecule has 0 spiro atoms. The second-order valence-corrected chi connectivity index (χ2v) is 9.19. The van der Waals surface area contributed by atoms with Gasteiger partial charge in [-0.3, -0.25) is 9.48 Å². The fraction of sp³-hybridized carbons (Fsp3) is 0.222. The number of anilines is 1. The van der Waals surface area contributed by atoms with Crippen LogP contribution in [0.3, 0.4) is 0 Å². The summed E-state index contributed by atoms with van der Waals surface area (Å²) < 4.78 is 27.9. The van der Waals surface area contributed by atoms with Crippen LogP contribution in [-0.2, 0) is 28.2 Å². The van der Waals surface area contributed by atoms with Crippen LogP contribution in [0.15, 0.2) is 46.7 Å². The third-order valence-electron chi connectivity index (χ3n) is 4.12. The van der Waals surface area contributed by atoms with Crippen molar-refractivity contribution in [3.05, 3.63) is 64.3 Å². The maximum absolute atomic E-state index is 12.8. The van der Waals surface area contributed by atoms with Gasteiger partial charge in [-0.25, -0.2) is 0 Å². The second kappa shape index (κ2) is 7.63. The zero-order valence-electron chi connectivity index (χ0n) is 15.2. The molecule has 0 radical (unpaired) electrons. The lowest BCUT2D eigenvalue weighted by atomic mass is 10.2. The van der Waals surface area contributed by atoms with Crippen LogP contribution in [0.25, 0.3) is 0 Å². The maximum Gasteiger partial charge on any atom is 0.356 e. The Labute approximate surface area is 162 Å². The molecule has 3 N–H and O–H groups in total.